The highest BCUT2D eigenvalue weighted by molar-refractivity contribution is 7.17. The lowest BCUT2D eigenvalue weighted by Crippen LogP contribution is -1.91. The lowest BCUT2D eigenvalue weighted by atomic mass is 10.3. The second-order valence-electron chi connectivity index (χ2n) is 2.79. The molecule has 2 aromatic rings. The van der Waals surface area contributed by atoms with E-state index in [1.165, 1.54) is 17.4 Å². The minimum absolute atomic E-state index is 0.0580. The van der Waals surface area contributed by atoms with Crippen LogP contribution in [0, 0.1) is 0 Å². The number of furan rings is 1. The first-order valence-corrected chi connectivity index (χ1v) is 4.99. The molecule has 0 aliphatic carbocycles. The molecule has 0 aromatic carbocycles. The molecule has 0 spiro atoms. The van der Waals surface area contributed by atoms with Gasteiger partial charge in [0, 0.05) is 0 Å². The van der Waals surface area contributed by atoms with Crippen LogP contribution in [0.15, 0.2) is 28.7 Å². The SMILES string of the molecule is COc1ccc(-c2ccc(C(=O)O)o2)s1. The third-order valence-electron chi connectivity index (χ3n) is 1.84. The Morgan fingerprint density at radius 2 is 2.20 bits per heavy atom. The molecular formula is C10H8O4S. The van der Waals surface area contributed by atoms with Crippen LogP contribution >= 0.6 is 11.3 Å². The minimum Gasteiger partial charge on any atom is -0.487 e. The summed E-state index contributed by atoms with van der Waals surface area (Å²) in [4.78, 5) is 11.4. The van der Waals surface area contributed by atoms with E-state index in [2.05, 4.69) is 0 Å². The van der Waals surface area contributed by atoms with Crippen LogP contribution < -0.4 is 4.74 Å². The first-order valence-electron chi connectivity index (χ1n) is 4.18. The van der Waals surface area contributed by atoms with Crippen LogP contribution in [0.2, 0.25) is 0 Å². The van der Waals surface area contributed by atoms with Gasteiger partial charge >= 0.3 is 5.97 Å². The fraction of sp³-hybridized carbons (Fsp3) is 0.100. The second-order valence-corrected chi connectivity index (χ2v) is 3.84. The normalized spacial score (nSPS) is 10.2. The van der Waals surface area contributed by atoms with E-state index in [1.54, 1.807) is 13.2 Å². The fourth-order valence-corrected chi connectivity index (χ4v) is 1.93. The van der Waals surface area contributed by atoms with E-state index in [9.17, 15) is 4.79 Å². The van der Waals surface area contributed by atoms with Crippen LogP contribution in [-0.2, 0) is 0 Å². The Labute approximate surface area is 89.7 Å². The molecule has 0 bridgehead atoms. The van der Waals surface area contributed by atoms with Gasteiger partial charge in [-0.2, -0.15) is 0 Å². The molecule has 0 fully saturated rings. The molecule has 0 aliphatic heterocycles. The van der Waals surface area contributed by atoms with Gasteiger partial charge in [-0.25, -0.2) is 4.79 Å². The summed E-state index contributed by atoms with van der Waals surface area (Å²) in [6, 6.07) is 6.70. The number of carboxylic acid groups (broad SMARTS) is 1. The molecule has 15 heavy (non-hydrogen) atoms. The predicted octanol–water partition coefficient (Wildman–Crippen LogP) is 2.71. The van der Waals surface area contributed by atoms with Crippen molar-refractivity contribution in [3.8, 4) is 15.7 Å². The van der Waals surface area contributed by atoms with Crippen LogP contribution in [0.3, 0.4) is 0 Å². The van der Waals surface area contributed by atoms with Crippen molar-refractivity contribution < 1.29 is 19.1 Å². The first kappa shape index (κ1) is 9.79. The smallest absolute Gasteiger partial charge is 0.371 e. The highest BCUT2D eigenvalue weighted by Gasteiger charge is 2.11. The number of rotatable bonds is 3. The molecule has 0 atom stereocenters. The third kappa shape index (κ3) is 1.87. The van der Waals surface area contributed by atoms with Crippen molar-refractivity contribution in [3.05, 3.63) is 30.0 Å². The van der Waals surface area contributed by atoms with Gasteiger partial charge < -0.3 is 14.3 Å². The molecule has 1 N–H and O–H groups in total. The number of hydrogen-bond donors (Lipinski definition) is 1. The summed E-state index contributed by atoms with van der Waals surface area (Å²) in [5.74, 6) is -0.581. The number of carboxylic acids is 1. The lowest BCUT2D eigenvalue weighted by Gasteiger charge is -1.91. The Balaban J connectivity index is 2.32. The molecule has 2 aromatic heterocycles. The largest absolute Gasteiger partial charge is 0.487 e. The number of aromatic carboxylic acids is 1. The van der Waals surface area contributed by atoms with E-state index >= 15 is 0 Å². The molecule has 0 unspecified atom stereocenters. The van der Waals surface area contributed by atoms with Crippen molar-refractivity contribution >= 4 is 17.3 Å². The fourth-order valence-electron chi connectivity index (χ4n) is 1.15. The first-order chi connectivity index (χ1) is 7.20. The quantitative estimate of drug-likeness (QED) is 0.870. The molecule has 0 radical (unpaired) electrons. The van der Waals surface area contributed by atoms with Crippen molar-refractivity contribution in [2.45, 2.75) is 0 Å². The summed E-state index contributed by atoms with van der Waals surface area (Å²) in [5, 5.41) is 9.44. The van der Waals surface area contributed by atoms with Crippen molar-refractivity contribution in [2.24, 2.45) is 0 Å². The van der Waals surface area contributed by atoms with Crippen LogP contribution in [-0.4, -0.2) is 18.2 Å². The minimum atomic E-state index is -1.07. The van der Waals surface area contributed by atoms with E-state index in [0.717, 1.165) is 9.94 Å². The topological polar surface area (TPSA) is 59.7 Å². The summed E-state index contributed by atoms with van der Waals surface area (Å²) >= 11 is 1.40. The zero-order valence-electron chi connectivity index (χ0n) is 7.89. The van der Waals surface area contributed by atoms with Crippen LogP contribution in [0.5, 0.6) is 5.06 Å². The number of methoxy groups -OCH3 is 1. The highest BCUT2D eigenvalue weighted by Crippen LogP contribution is 2.33. The van der Waals surface area contributed by atoms with Gasteiger partial charge in [0.2, 0.25) is 5.76 Å². The van der Waals surface area contributed by atoms with Gasteiger partial charge in [-0.3, -0.25) is 0 Å². The van der Waals surface area contributed by atoms with E-state index in [4.69, 9.17) is 14.3 Å². The van der Waals surface area contributed by atoms with Gasteiger partial charge in [0.15, 0.2) is 5.06 Å². The molecule has 0 amide bonds. The molecule has 4 nitrogen and oxygen atoms in total. The van der Waals surface area contributed by atoms with Crippen molar-refractivity contribution in [1.82, 2.24) is 0 Å². The average molecular weight is 224 g/mol. The number of carbonyl (C=O) groups is 1. The predicted molar refractivity (Wildman–Crippen MR) is 55.5 cm³/mol. The number of hydrogen-bond acceptors (Lipinski definition) is 4. The Bertz CT molecular complexity index is 483. The van der Waals surface area contributed by atoms with Crippen molar-refractivity contribution in [3.63, 3.8) is 0 Å². The molecule has 0 saturated heterocycles. The van der Waals surface area contributed by atoms with E-state index in [0.29, 0.717) is 5.76 Å². The molecular weight excluding hydrogens is 216 g/mol. The van der Waals surface area contributed by atoms with Gasteiger partial charge in [-0.05, 0) is 24.3 Å². The van der Waals surface area contributed by atoms with Crippen LogP contribution in [0.25, 0.3) is 10.6 Å². The van der Waals surface area contributed by atoms with E-state index in [-0.39, 0.29) is 5.76 Å². The monoisotopic (exact) mass is 224 g/mol. The van der Waals surface area contributed by atoms with Gasteiger partial charge in [0.05, 0.1) is 12.0 Å². The Hall–Kier alpha value is -1.75. The lowest BCUT2D eigenvalue weighted by molar-refractivity contribution is 0.0663. The molecule has 2 heterocycles. The van der Waals surface area contributed by atoms with Gasteiger partial charge in [0.25, 0.3) is 0 Å². The molecule has 5 heteroatoms. The van der Waals surface area contributed by atoms with Gasteiger partial charge in [-0.1, -0.05) is 11.3 Å². The molecule has 0 saturated carbocycles. The number of thiophene rings is 1. The summed E-state index contributed by atoms with van der Waals surface area (Å²) in [6.07, 6.45) is 0. The van der Waals surface area contributed by atoms with Crippen LogP contribution in [0.4, 0.5) is 0 Å². The zero-order chi connectivity index (χ0) is 10.8. The molecule has 2 rings (SSSR count). The van der Waals surface area contributed by atoms with E-state index < -0.39 is 5.97 Å². The third-order valence-corrected chi connectivity index (χ3v) is 2.90. The average Bonchev–Trinajstić information content (AvgIpc) is 2.86. The highest BCUT2D eigenvalue weighted by atomic mass is 32.1. The number of ether oxygens (including phenoxy) is 1. The maximum Gasteiger partial charge on any atom is 0.371 e. The van der Waals surface area contributed by atoms with Crippen molar-refractivity contribution in [1.29, 1.82) is 0 Å². The second kappa shape index (κ2) is 3.78. The summed E-state index contributed by atoms with van der Waals surface area (Å²) < 4.78 is 10.2. The summed E-state index contributed by atoms with van der Waals surface area (Å²) in [6.45, 7) is 0. The van der Waals surface area contributed by atoms with Gasteiger partial charge in [-0.15, -0.1) is 0 Å². The summed E-state index contributed by atoms with van der Waals surface area (Å²) in [5.41, 5.74) is 0. The summed E-state index contributed by atoms with van der Waals surface area (Å²) in [7, 11) is 1.58. The standard InChI is InChI=1S/C10H8O4S/c1-13-9-5-4-8(15-9)6-2-3-7(14-6)10(11)12/h2-5H,1H3,(H,11,12). The van der Waals surface area contributed by atoms with Gasteiger partial charge in [0.1, 0.15) is 5.76 Å². The zero-order valence-corrected chi connectivity index (χ0v) is 8.71. The maximum atomic E-state index is 10.6. The Kier molecular flexibility index (Phi) is 2.47. The van der Waals surface area contributed by atoms with Crippen LogP contribution in [0.1, 0.15) is 10.6 Å². The van der Waals surface area contributed by atoms with E-state index in [1.807, 2.05) is 12.1 Å². The molecule has 0 aliphatic rings. The molecule has 78 valence electrons. The maximum absolute atomic E-state index is 10.6. The Morgan fingerprint density at radius 3 is 2.73 bits per heavy atom. The van der Waals surface area contributed by atoms with Crippen molar-refractivity contribution in [2.75, 3.05) is 7.11 Å². The Morgan fingerprint density at radius 1 is 1.40 bits per heavy atom.